The van der Waals surface area contributed by atoms with Gasteiger partial charge in [0.2, 0.25) is 5.91 Å². The number of carbonyl (C=O) groups is 1. The molecular weight excluding hydrogens is 277 g/mol. The van der Waals surface area contributed by atoms with Crippen LogP contribution < -0.4 is 5.32 Å². The summed E-state index contributed by atoms with van der Waals surface area (Å²) in [4.78, 5) is 11.1. The maximum absolute atomic E-state index is 11.1. The van der Waals surface area contributed by atoms with E-state index < -0.39 is 0 Å². The van der Waals surface area contributed by atoms with Gasteiger partial charge in [0.15, 0.2) is 0 Å². The van der Waals surface area contributed by atoms with Crippen molar-refractivity contribution in [3.8, 4) is 0 Å². The van der Waals surface area contributed by atoms with Crippen LogP contribution in [0, 0.1) is 0 Å². The van der Waals surface area contributed by atoms with Gasteiger partial charge < -0.3 is 5.32 Å². The van der Waals surface area contributed by atoms with Gasteiger partial charge in [-0.05, 0) is 39.5 Å². The van der Waals surface area contributed by atoms with E-state index in [1.54, 1.807) is 6.08 Å². The summed E-state index contributed by atoms with van der Waals surface area (Å²) in [5.74, 6) is 0.0309. The molecule has 0 radical (unpaired) electrons. The number of carbonyl (C=O) groups excluding carboxylic acids is 1. The lowest BCUT2D eigenvalue weighted by atomic mass is 10.2. The molecular formula is C10H18INO. The van der Waals surface area contributed by atoms with E-state index >= 15 is 0 Å². The summed E-state index contributed by atoms with van der Waals surface area (Å²) in [6.45, 7) is 4.90. The van der Waals surface area contributed by atoms with Gasteiger partial charge in [-0.25, -0.2) is 0 Å². The van der Waals surface area contributed by atoms with Crippen LogP contribution in [-0.2, 0) is 4.79 Å². The molecule has 13 heavy (non-hydrogen) atoms. The van der Waals surface area contributed by atoms with E-state index in [4.69, 9.17) is 0 Å². The minimum absolute atomic E-state index is 0.0309. The molecule has 0 saturated carbocycles. The van der Waals surface area contributed by atoms with Gasteiger partial charge in [0, 0.05) is 12.6 Å². The molecule has 0 aromatic heterocycles. The second-order valence-electron chi connectivity index (χ2n) is 3.08. The summed E-state index contributed by atoms with van der Waals surface area (Å²) in [6, 6.07) is 0. The van der Waals surface area contributed by atoms with Crippen LogP contribution in [0.25, 0.3) is 0 Å². The molecule has 0 bridgehead atoms. The van der Waals surface area contributed by atoms with Crippen LogP contribution >= 0.6 is 22.6 Å². The van der Waals surface area contributed by atoms with Crippen LogP contribution in [0.15, 0.2) is 9.66 Å². The fourth-order valence-electron chi connectivity index (χ4n) is 0.995. The quantitative estimate of drug-likeness (QED) is 0.455. The Hall–Kier alpha value is -0.0600. The van der Waals surface area contributed by atoms with Gasteiger partial charge >= 0.3 is 0 Å². The predicted octanol–water partition coefficient (Wildman–Crippen LogP) is 3.02. The third-order valence-corrected chi connectivity index (χ3v) is 1.97. The van der Waals surface area contributed by atoms with Gasteiger partial charge in [-0.15, -0.1) is 0 Å². The van der Waals surface area contributed by atoms with E-state index in [1.165, 1.54) is 19.3 Å². The normalized spacial score (nSPS) is 11.5. The molecule has 0 aliphatic carbocycles. The molecule has 0 atom stereocenters. The molecule has 0 heterocycles. The Morgan fingerprint density at radius 3 is 2.62 bits per heavy atom. The Balaban J connectivity index is 3.33. The molecule has 2 nitrogen and oxygen atoms in total. The zero-order valence-electron chi connectivity index (χ0n) is 8.40. The Labute approximate surface area is 94.3 Å². The molecule has 0 spiro atoms. The Bertz CT molecular complexity index is 174. The highest BCUT2D eigenvalue weighted by Gasteiger charge is 1.94. The first-order valence-corrected chi connectivity index (χ1v) is 5.86. The molecule has 0 aromatic rings. The van der Waals surface area contributed by atoms with Gasteiger partial charge in [-0.1, -0.05) is 26.2 Å². The second kappa shape index (κ2) is 8.53. The highest BCUT2D eigenvalue weighted by atomic mass is 127. The van der Waals surface area contributed by atoms with Crippen LogP contribution in [0.3, 0.4) is 0 Å². The average molecular weight is 295 g/mol. The number of halogens is 1. The summed E-state index contributed by atoms with van der Waals surface area (Å²) >= 11 is 2.13. The first-order chi connectivity index (χ1) is 6.16. The molecule has 0 aliphatic rings. The molecule has 0 unspecified atom stereocenters. The zero-order chi connectivity index (χ0) is 10.1. The molecule has 0 aliphatic heterocycles. The zero-order valence-corrected chi connectivity index (χ0v) is 10.6. The van der Waals surface area contributed by atoms with Crippen molar-refractivity contribution in [1.82, 2.24) is 5.32 Å². The van der Waals surface area contributed by atoms with Crippen LogP contribution in [0.4, 0.5) is 0 Å². The van der Waals surface area contributed by atoms with E-state index in [0.717, 1.165) is 16.5 Å². The number of unbranched alkanes of at least 4 members (excludes halogenated alkanes) is 3. The van der Waals surface area contributed by atoms with E-state index in [2.05, 4.69) is 34.8 Å². The first kappa shape index (κ1) is 12.9. The number of nitrogens with one attached hydrogen (secondary N) is 1. The van der Waals surface area contributed by atoms with Crippen molar-refractivity contribution in [1.29, 1.82) is 0 Å². The number of hydrogen-bond donors (Lipinski definition) is 1. The van der Waals surface area contributed by atoms with Crippen molar-refractivity contribution in [3.05, 3.63) is 9.66 Å². The molecule has 76 valence electrons. The number of hydrogen-bond acceptors (Lipinski definition) is 1. The van der Waals surface area contributed by atoms with Crippen molar-refractivity contribution in [2.24, 2.45) is 0 Å². The molecule has 3 heteroatoms. The minimum Gasteiger partial charge on any atom is -0.353 e. The van der Waals surface area contributed by atoms with Crippen molar-refractivity contribution in [2.75, 3.05) is 6.54 Å². The fourth-order valence-corrected chi connectivity index (χ4v) is 1.28. The number of rotatable bonds is 6. The van der Waals surface area contributed by atoms with Crippen molar-refractivity contribution >= 4 is 28.5 Å². The van der Waals surface area contributed by atoms with Crippen molar-refractivity contribution in [2.45, 2.75) is 39.5 Å². The lowest BCUT2D eigenvalue weighted by Crippen LogP contribution is -2.22. The van der Waals surface area contributed by atoms with E-state index in [0.29, 0.717) is 0 Å². The lowest BCUT2D eigenvalue weighted by Gasteiger charge is -2.01. The third kappa shape index (κ3) is 9.86. The van der Waals surface area contributed by atoms with Gasteiger partial charge in [-0.2, -0.15) is 0 Å². The van der Waals surface area contributed by atoms with Crippen LogP contribution in [-0.4, -0.2) is 12.5 Å². The summed E-state index contributed by atoms with van der Waals surface area (Å²) in [5, 5.41) is 2.85. The molecule has 0 rings (SSSR count). The monoisotopic (exact) mass is 295 g/mol. The summed E-state index contributed by atoms with van der Waals surface area (Å²) < 4.78 is 1.02. The summed E-state index contributed by atoms with van der Waals surface area (Å²) in [6.07, 6.45) is 6.43. The Morgan fingerprint density at radius 2 is 2.08 bits per heavy atom. The Kier molecular flexibility index (Phi) is 8.49. The lowest BCUT2D eigenvalue weighted by molar-refractivity contribution is -0.116. The van der Waals surface area contributed by atoms with Crippen LogP contribution in [0.2, 0.25) is 0 Å². The largest absolute Gasteiger partial charge is 0.353 e. The first-order valence-electron chi connectivity index (χ1n) is 4.78. The highest BCUT2D eigenvalue weighted by Crippen LogP contribution is 2.01. The predicted molar refractivity (Wildman–Crippen MR) is 64.9 cm³/mol. The van der Waals surface area contributed by atoms with Crippen LogP contribution in [0.5, 0.6) is 0 Å². The molecule has 1 N–H and O–H groups in total. The van der Waals surface area contributed by atoms with Gasteiger partial charge in [0.05, 0.1) is 0 Å². The summed E-state index contributed by atoms with van der Waals surface area (Å²) in [5.41, 5.74) is 0. The molecule has 0 fully saturated rings. The highest BCUT2D eigenvalue weighted by molar-refractivity contribution is 14.1. The maximum Gasteiger partial charge on any atom is 0.244 e. The van der Waals surface area contributed by atoms with Gasteiger partial charge in [0.25, 0.3) is 0 Å². The number of amides is 1. The van der Waals surface area contributed by atoms with E-state index in [-0.39, 0.29) is 5.91 Å². The molecule has 1 amide bonds. The van der Waals surface area contributed by atoms with Crippen molar-refractivity contribution in [3.63, 3.8) is 0 Å². The van der Waals surface area contributed by atoms with Gasteiger partial charge in [0.1, 0.15) is 0 Å². The Morgan fingerprint density at radius 1 is 1.38 bits per heavy atom. The van der Waals surface area contributed by atoms with E-state index in [1.807, 2.05) is 6.92 Å². The smallest absolute Gasteiger partial charge is 0.244 e. The van der Waals surface area contributed by atoms with E-state index in [9.17, 15) is 4.79 Å². The summed E-state index contributed by atoms with van der Waals surface area (Å²) in [7, 11) is 0. The topological polar surface area (TPSA) is 29.1 Å². The minimum atomic E-state index is 0.0309. The molecule has 0 saturated heterocycles. The standard InChI is InChI=1S/C10H18INO/c1-3-4-5-6-7-12-10(13)8-9(2)11/h8H,3-7H2,1-2H3,(H,12,13)/b9-8-. The van der Waals surface area contributed by atoms with Crippen molar-refractivity contribution < 1.29 is 4.79 Å². The third-order valence-electron chi connectivity index (χ3n) is 1.66. The molecule has 0 aromatic carbocycles. The SMILES string of the molecule is CCCCCCNC(=O)/C=C(/C)I. The second-order valence-corrected chi connectivity index (χ2v) is 4.78. The van der Waals surface area contributed by atoms with Gasteiger partial charge in [-0.3, -0.25) is 4.79 Å². The maximum atomic E-state index is 11.1. The fraction of sp³-hybridized carbons (Fsp3) is 0.700. The van der Waals surface area contributed by atoms with Crippen LogP contribution in [0.1, 0.15) is 39.5 Å². The average Bonchev–Trinajstić information content (AvgIpc) is 2.02. The number of allylic oxidation sites excluding steroid dienone is 1.